The molecule has 26 heavy (non-hydrogen) atoms. The van der Waals surface area contributed by atoms with Crippen molar-refractivity contribution in [2.24, 2.45) is 10.8 Å². The number of ether oxygens (including phenoxy) is 2. The van der Waals surface area contributed by atoms with E-state index in [9.17, 15) is 14.7 Å². The molecule has 1 aliphatic carbocycles. The molecule has 0 radical (unpaired) electrons. The van der Waals surface area contributed by atoms with Gasteiger partial charge in [-0.1, -0.05) is 30.3 Å². The largest absolute Gasteiger partial charge is 0.480 e. The first-order chi connectivity index (χ1) is 12.6. The molecule has 3 atom stereocenters. The molecule has 0 bridgehead atoms. The minimum Gasteiger partial charge on any atom is -0.480 e. The standard InChI is InChI=1S/C20H25NO5/c22-17-20(18(23)24)13-19(20,14-26-16-8-4-5-11-25-16)9-10-21(17)12-15-6-2-1-3-7-15/h1-3,6-7,16H,4-5,8-14H2,(H,23,24). The highest BCUT2D eigenvalue weighted by atomic mass is 16.7. The third-order valence-electron chi connectivity index (χ3n) is 6.16. The number of carbonyl (C=O) groups excluding carboxylic acids is 1. The molecule has 1 aromatic rings. The van der Waals surface area contributed by atoms with Crippen LogP contribution < -0.4 is 0 Å². The number of aliphatic carboxylic acids is 1. The lowest BCUT2D eigenvalue weighted by Gasteiger charge is -2.36. The van der Waals surface area contributed by atoms with Crippen LogP contribution in [0, 0.1) is 10.8 Å². The smallest absolute Gasteiger partial charge is 0.319 e. The zero-order valence-electron chi connectivity index (χ0n) is 14.9. The molecule has 3 aliphatic rings. The second-order valence-electron chi connectivity index (χ2n) is 7.74. The van der Waals surface area contributed by atoms with Gasteiger partial charge in [0.05, 0.1) is 6.61 Å². The van der Waals surface area contributed by atoms with E-state index in [4.69, 9.17) is 9.47 Å². The predicted octanol–water partition coefficient (Wildman–Crippen LogP) is 2.42. The van der Waals surface area contributed by atoms with Gasteiger partial charge in [-0.25, -0.2) is 0 Å². The molecule has 0 aromatic heterocycles. The fourth-order valence-corrected chi connectivity index (χ4v) is 4.48. The number of carboxylic acid groups (broad SMARTS) is 1. The Morgan fingerprint density at radius 3 is 2.81 bits per heavy atom. The number of nitrogens with zero attached hydrogens (tertiary/aromatic N) is 1. The Kier molecular flexibility index (Phi) is 4.49. The minimum atomic E-state index is -1.32. The van der Waals surface area contributed by atoms with Crippen LogP contribution in [-0.2, 0) is 25.6 Å². The van der Waals surface area contributed by atoms with Gasteiger partial charge in [0.1, 0.15) is 0 Å². The van der Waals surface area contributed by atoms with E-state index >= 15 is 0 Å². The van der Waals surface area contributed by atoms with E-state index in [-0.39, 0.29) is 18.8 Å². The summed E-state index contributed by atoms with van der Waals surface area (Å²) in [7, 11) is 0. The van der Waals surface area contributed by atoms with Crippen molar-refractivity contribution in [2.45, 2.75) is 44.9 Å². The first-order valence-corrected chi connectivity index (χ1v) is 9.37. The van der Waals surface area contributed by atoms with E-state index in [1.807, 2.05) is 30.3 Å². The number of carbonyl (C=O) groups is 2. The van der Waals surface area contributed by atoms with Gasteiger partial charge < -0.3 is 19.5 Å². The molecule has 2 aliphatic heterocycles. The van der Waals surface area contributed by atoms with Gasteiger partial charge in [0, 0.05) is 25.1 Å². The summed E-state index contributed by atoms with van der Waals surface area (Å²) in [6, 6.07) is 9.70. The van der Waals surface area contributed by atoms with Gasteiger partial charge >= 0.3 is 5.97 Å². The number of rotatable bonds is 6. The average molecular weight is 359 g/mol. The van der Waals surface area contributed by atoms with Gasteiger partial charge in [-0.05, 0) is 37.7 Å². The zero-order valence-corrected chi connectivity index (χ0v) is 14.9. The second kappa shape index (κ2) is 6.67. The first kappa shape index (κ1) is 17.5. The maximum absolute atomic E-state index is 13.0. The van der Waals surface area contributed by atoms with Crippen LogP contribution in [0.3, 0.4) is 0 Å². The number of likely N-dealkylation sites (tertiary alicyclic amines) is 1. The Morgan fingerprint density at radius 2 is 2.12 bits per heavy atom. The lowest BCUT2D eigenvalue weighted by molar-refractivity contribution is -0.182. The van der Waals surface area contributed by atoms with Crippen molar-refractivity contribution in [2.75, 3.05) is 19.8 Å². The number of benzene rings is 1. The van der Waals surface area contributed by atoms with Crippen LogP contribution in [0.1, 0.15) is 37.7 Å². The average Bonchev–Trinajstić information content (AvgIpc) is 3.36. The van der Waals surface area contributed by atoms with Crippen molar-refractivity contribution in [1.82, 2.24) is 4.90 Å². The van der Waals surface area contributed by atoms with Crippen molar-refractivity contribution in [1.29, 1.82) is 0 Å². The summed E-state index contributed by atoms with van der Waals surface area (Å²) in [5.41, 5.74) is -0.889. The summed E-state index contributed by atoms with van der Waals surface area (Å²) in [5.74, 6) is -1.29. The van der Waals surface area contributed by atoms with Gasteiger partial charge in [0.15, 0.2) is 11.7 Å². The molecule has 6 heteroatoms. The highest BCUT2D eigenvalue weighted by Gasteiger charge is 2.79. The molecular weight excluding hydrogens is 334 g/mol. The minimum absolute atomic E-state index is 0.261. The lowest BCUT2D eigenvalue weighted by Crippen LogP contribution is -2.50. The topological polar surface area (TPSA) is 76.1 Å². The SMILES string of the molecule is O=C(O)C12CC1(COC1CCCCO1)CCN(Cc1ccccc1)C2=O. The molecule has 1 aromatic carbocycles. The van der Waals surface area contributed by atoms with Gasteiger partial charge in [0.2, 0.25) is 5.91 Å². The van der Waals surface area contributed by atoms with Crippen molar-refractivity contribution < 1.29 is 24.2 Å². The predicted molar refractivity (Wildman–Crippen MR) is 93.1 cm³/mol. The Bertz CT molecular complexity index is 687. The van der Waals surface area contributed by atoms with Gasteiger partial charge in [-0.3, -0.25) is 9.59 Å². The quantitative estimate of drug-likeness (QED) is 0.790. The third kappa shape index (κ3) is 2.81. The molecule has 1 saturated carbocycles. The highest BCUT2D eigenvalue weighted by molar-refractivity contribution is 6.07. The van der Waals surface area contributed by atoms with Crippen molar-refractivity contribution >= 4 is 11.9 Å². The van der Waals surface area contributed by atoms with E-state index < -0.39 is 16.8 Å². The molecule has 3 fully saturated rings. The molecule has 140 valence electrons. The number of carboxylic acids is 1. The van der Waals surface area contributed by atoms with Gasteiger partial charge in [-0.2, -0.15) is 0 Å². The fraction of sp³-hybridized carbons (Fsp3) is 0.600. The Hall–Kier alpha value is -1.92. The van der Waals surface area contributed by atoms with Gasteiger partial charge in [0.25, 0.3) is 0 Å². The highest BCUT2D eigenvalue weighted by Crippen LogP contribution is 2.69. The van der Waals surface area contributed by atoms with Crippen LogP contribution in [0.5, 0.6) is 0 Å². The van der Waals surface area contributed by atoms with E-state index in [1.165, 1.54) is 0 Å². The van der Waals surface area contributed by atoms with E-state index in [1.54, 1.807) is 4.90 Å². The Morgan fingerprint density at radius 1 is 1.31 bits per heavy atom. The van der Waals surface area contributed by atoms with Crippen LogP contribution in [0.15, 0.2) is 30.3 Å². The van der Waals surface area contributed by atoms with Crippen molar-refractivity contribution in [3.8, 4) is 0 Å². The third-order valence-corrected chi connectivity index (χ3v) is 6.16. The van der Waals surface area contributed by atoms with Crippen molar-refractivity contribution in [3.63, 3.8) is 0 Å². The van der Waals surface area contributed by atoms with E-state index in [2.05, 4.69) is 0 Å². The summed E-state index contributed by atoms with van der Waals surface area (Å²) in [5, 5.41) is 9.86. The van der Waals surface area contributed by atoms with Crippen LogP contribution in [0.25, 0.3) is 0 Å². The molecule has 2 saturated heterocycles. The zero-order chi connectivity index (χ0) is 18.2. The molecule has 6 nitrogen and oxygen atoms in total. The Balaban J connectivity index is 1.46. The lowest BCUT2D eigenvalue weighted by atomic mass is 9.85. The summed E-state index contributed by atoms with van der Waals surface area (Å²) in [4.78, 5) is 26.8. The summed E-state index contributed by atoms with van der Waals surface area (Å²) in [6.07, 6.45) is 3.70. The van der Waals surface area contributed by atoms with Gasteiger partial charge in [-0.15, -0.1) is 0 Å². The van der Waals surface area contributed by atoms with Crippen LogP contribution in [0.4, 0.5) is 0 Å². The Labute approximate surface area is 153 Å². The van der Waals surface area contributed by atoms with E-state index in [0.29, 0.717) is 32.5 Å². The maximum atomic E-state index is 13.0. The molecule has 4 rings (SSSR count). The van der Waals surface area contributed by atoms with Crippen LogP contribution in [-0.4, -0.2) is 47.9 Å². The molecule has 0 spiro atoms. The van der Waals surface area contributed by atoms with Crippen LogP contribution in [0.2, 0.25) is 0 Å². The number of hydrogen-bond donors (Lipinski definition) is 1. The number of piperidine rings is 1. The summed E-state index contributed by atoms with van der Waals surface area (Å²) < 4.78 is 11.5. The molecule has 3 unspecified atom stereocenters. The van der Waals surface area contributed by atoms with Crippen molar-refractivity contribution in [3.05, 3.63) is 35.9 Å². The number of hydrogen-bond acceptors (Lipinski definition) is 4. The van der Waals surface area contributed by atoms with Crippen LogP contribution >= 0.6 is 0 Å². The van der Waals surface area contributed by atoms with E-state index in [0.717, 1.165) is 24.8 Å². The molecule has 2 heterocycles. The molecular formula is C20H25NO5. The molecule has 1 N–H and O–H groups in total. The summed E-state index contributed by atoms with van der Waals surface area (Å²) in [6.45, 7) is 2.00. The maximum Gasteiger partial charge on any atom is 0.319 e. The first-order valence-electron chi connectivity index (χ1n) is 9.37. The monoisotopic (exact) mass is 359 g/mol. The number of amides is 1. The second-order valence-corrected chi connectivity index (χ2v) is 7.74. The summed E-state index contributed by atoms with van der Waals surface area (Å²) >= 11 is 0. The molecule has 1 amide bonds. The normalized spacial score (nSPS) is 33.6. The number of fused-ring (bicyclic) bond motifs is 1. The fourth-order valence-electron chi connectivity index (χ4n) is 4.48.